The van der Waals surface area contributed by atoms with Gasteiger partial charge in [0.15, 0.2) is 5.76 Å². The summed E-state index contributed by atoms with van der Waals surface area (Å²) in [7, 11) is 0. The van der Waals surface area contributed by atoms with Gasteiger partial charge >= 0.3 is 0 Å². The fraction of sp³-hybridized carbons (Fsp3) is 0.208. The van der Waals surface area contributed by atoms with Gasteiger partial charge in [0.25, 0.3) is 5.91 Å². The van der Waals surface area contributed by atoms with Gasteiger partial charge in [-0.25, -0.2) is 4.98 Å². The average Bonchev–Trinajstić information content (AvgIpc) is 3.18. The van der Waals surface area contributed by atoms with Crippen LogP contribution >= 0.6 is 11.3 Å². The van der Waals surface area contributed by atoms with E-state index in [1.165, 1.54) is 16.2 Å². The highest BCUT2D eigenvalue weighted by Gasteiger charge is 2.45. The third kappa shape index (κ3) is 3.23. The number of aliphatic hydroxyl groups excluding tert-OH is 1. The van der Waals surface area contributed by atoms with Crippen LogP contribution in [0.1, 0.15) is 43.1 Å². The van der Waals surface area contributed by atoms with Crippen molar-refractivity contribution < 1.29 is 14.7 Å². The van der Waals surface area contributed by atoms with Crippen LogP contribution in [0.3, 0.4) is 0 Å². The molecular weight excluding hydrogens is 396 g/mol. The van der Waals surface area contributed by atoms with E-state index in [2.05, 4.69) is 4.98 Å². The molecule has 0 saturated carbocycles. The molecule has 2 aromatic carbocycles. The lowest BCUT2D eigenvalue weighted by molar-refractivity contribution is -0.117. The van der Waals surface area contributed by atoms with Crippen molar-refractivity contribution in [3.05, 3.63) is 92.1 Å². The highest BCUT2D eigenvalue weighted by atomic mass is 32.1. The predicted molar refractivity (Wildman–Crippen MR) is 118 cm³/mol. The maximum absolute atomic E-state index is 13.5. The van der Waals surface area contributed by atoms with Gasteiger partial charge < -0.3 is 5.11 Å². The first-order chi connectivity index (χ1) is 14.3. The highest BCUT2D eigenvalue weighted by molar-refractivity contribution is 7.14. The summed E-state index contributed by atoms with van der Waals surface area (Å²) in [6.07, 6.45) is 0. The van der Waals surface area contributed by atoms with Crippen molar-refractivity contribution in [3.63, 3.8) is 0 Å². The van der Waals surface area contributed by atoms with Gasteiger partial charge in [-0.1, -0.05) is 48.0 Å². The standard InChI is InChI=1S/C24H22N2O3S/c1-13-8-7-10-17(12-13)20-19(21(27)23-15(3)25-16(4)30-23)22(28)24(29)26(20)18-11-6-5-9-14(18)2/h5-12,20,28H,1-4H3. The lowest BCUT2D eigenvalue weighted by atomic mass is 9.93. The zero-order chi connectivity index (χ0) is 21.6. The minimum Gasteiger partial charge on any atom is -0.503 e. The number of rotatable bonds is 4. The molecule has 1 aromatic heterocycles. The molecule has 1 aliphatic heterocycles. The summed E-state index contributed by atoms with van der Waals surface area (Å²) in [5, 5.41) is 11.6. The van der Waals surface area contributed by atoms with E-state index in [-0.39, 0.29) is 11.4 Å². The largest absolute Gasteiger partial charge is 0.503 e. The summed E-state index contributed by atoms with van der Waals surface area (Å²) in [4.78, 5) is 33.1. The molecule has 152 valence electrons. The van der Waals surface area contributed by atoms with Crippen LogP contribution in [0.15, 0.2) is 59.9 Å². The maximum atomic E-state index is 13.5. The molecular formula is C24H22N2O3S. The number of hydrogen-bond donors (Lipinski definition) is 1. The van der Waals surface area contributed by atoms with Crippen LogP contribution in [0.2, 0.25) is 0 Å². The van der Waals surface area contributed by atoms with Crippen LogP contribution in [-0.4, -0.2) is 21.8 Å². The number of carbonyl (C=O) groups excluding carboxylic acids is 2. The zero-order valence-electron chi connectivity index (χ0n) is 17.3. The van der Waals surface area contributed by atoms with E-state index in [4.69, 9.17) is 0 Å². The van der Waals surface area contributed by atoms with Crippen LogP contribution in [-0.2, 0) is 4.79 Å². The molecule has 0 radical (unpaired) electrons. The molecule has 1 amide bonds. The summed E-state index contributed by atoms with van der Waals surface area (Å²) in [6, 6.07) is 14.4. The molecule has 1 atom stereocenters. The third-order valence-corrected chi connectivity index (χ3v) is 6.37. The van der Waals surface area contributed by atoms with Crippen LogP contribution < -0.4 is 4.90 Å². The Morgan fingerprint density at radius 3 is 2.43 bits per heavy atom. The molecule has 0 fully saturated rings. The third-order valence-electron chi connectivity index (χ3n) is 5.30. The smallest absolute Gasteiger partial charge is 0.294 e. The molecule has 1 unspecified atom stereocenters. The van der Waals surface area contributed by atoms with E-state index in [1.54, 1.807) is 6.92 Å². The van der Waals surface area contributed by atoms with E-state index in [1.807, 2.05) is 69.3 Å². The van der Waals surface area contributed by atoms with Crippen LogP contribution in [0.25, 0.3) is 0 Å². The fourth-order valence-corrected chi connectivity index (χ4v) is 4.81. The van der Waals surface area contributed by atoms with Crippen LogP contribution in [0.4, 0.5) is 5.69 Å². The fourth-order valence-electron chi connectivity index (χ4n) is 3.94. The monoisotopic (exact) mass is 418 g/mol. The number of amides is 1. The van der Waals surface area contributed by atoms with E-state index in [0.29, 0.717) is 16.3 Å². The van der Waals surface area contributed by atoms with Gasteiger partial charge in [0, 0.05) is 5.69 Å². The maximum Gasteiger partial charge on any atom is 0.294 e. The summed E-state index contributed by atoms with van der Waals surface area (Å²) in [6.45, 7) is 7.47. The predicted octanol–water partition coefficient (Wildman–Crippen LogP) is 5.16. The normalized spacial score (nSPS) is 16.5. The molecule has 4 rings (SSSR count). The van der Waals surface area contributed by atoms with Gasteiger partial charge in [0.1, 0.15) is 0 Å². The van der Waals surface area contributed by atoms with E-state index < -0.39 is 17.7 Å². The molecule has 1 aliphatic rings. The first kappa shape index (κ1) is 20.0. The van der Waals surface area contributed by atoms with Crippen LogP contribution in [0, 0.1) is 27.7 Å². The number of aliphatic hydroxyl groups is 1. The van der Waals surface area contributed by atoms with Crippen molar-refractivity contribution in [3.8, 4) is 0 Å². The van der Waals surface area contributed by atoms with Crippen molar-refractivity contribution in [2.75, 3.05) is 4.90 Å². The molecule has 30 heavy (non-hydrogen) atoms. The summed E-state index contributed by atoms with van der Waals surface area (Å²) >= 11 is 1.28. The Labute approximate surface area is 179 Å². The second-order valence-electron chi connectivity index (χ2n) is 7.52. The van der Waals surface area contributed by atoms with Gasteiger partial charge in [-0.05, 0) is 44.9 Å². The van der Waals surface area contributed by atoms with E-state index in [9.17, 15) is 14.7 Å². The Morgan fingerprint density at radius 1 is 1.07 bits per heavy atom. The second kappa shape index (κ2) is 7.54. The van der Waals surface area contributed by atoms with Gasteiger partial charge in [-0.3, -0.25) is 14.5 Å². The molecule has 1 N–H and O–H groups in total. The Kier molecular flexibility index (Phi) is 5.03. The van der Waals surface area contributed by atoms with E-state index in [0.717, 1.165) is 21.7 Å². The van der Waals surface area contributed by atoms with Crippen molar-refractivity contribution in [2.45, 2.75) is 33.7 Å². The van der Waals surface area contributed by atoms with Crippen molar-refractivity contribution in [1.29, 1.82) is 0 Å². The zero-order valence-corrected chi connectivity index (χ0v) is 18.1. The lowest BCUT2D eigenvalue weighted by Crippen LogP contribution is -2.31. The Hall–Kier alpha value is -3.25. The van der Waals surface area contributed by atoms with Gasteiger partial charge in [0.2, 0.25) is 5.78 Å². The number of anilines is 1. The number of nitrogens with zero attached hydrogens (tertiary/aromatic N) is 2. The summed E-state index contributed by atoms with van der Waals surface area (Å²) in [5.74, 6) is -1.43. The van der Waals surface area contributed by atoms with Crippen LogP contribution in [0.5, 0.6) is 0 Å². The number of aromatic nitrogens is 1. The lowest BCUT2D eigenvalue weighted by Gasteiger charge is -2.28. The molecule has 0 aliphatic carbocycles. The summed E-state index contributed by atoms with van der Waals surface area (Å²) in [5.41, 5.74) is 4.04. The number of ketones is 1. The van der Waals surface area contributed by atoms with Crippen molar-refractivity contribution in [1.82, 2.24) is 4.98 Å². The molecule has 0 spiro atoms. The molecule has 2 heterocycles. The number of aryl methyl sites for hydroxylation is 4. The SMILES string of the molecule is Cc1cccc(C2C(C(=O)c3sc(C)nc3C)=C(O)C(=O)N2c2ccccc2C)c1. The highest BCUT2D eigenvalue weighted by Crippen LogP contribution is 2.43. The number of Topliss-reactive ketones (excluding diaryl/α,β-unsaturated/α-hetero) is 1. The molecule has 0 saturated heterocycles. The number of hydrogen-bond acceptors (Lipinski definition) is 5. The van der Waals surface area contributed by atoms with Crippen molar-refractivity contribution >= 4 is 28.7 Å². The van der Waals surface area contributed by atoms with E-state index >= 15 is 0 Å². The summed E-state index contributed by atoms with van der Waals surface area (Å²) < 4.78 is 0. The minimum atomic E-state index is -0.715. The Morgan fingerprint density at radius 2 is 1.80 bits per heavy atom. The van der Waals surface area contributed by atoms with Gasteiger partial charge in [0.05, 0.1) is 27.2 Å². The van der Waals surface area contributed by atoms with Gasteiger partial charge in [-0.15, -0.1) is 11.3 Å². The first-order valence-corrected chi connectivity index (χ1v) is 10.5. The minimum absolute atomic E-state index is 0.0978. The number of para-hydroxylation sites is 1. The number of thiazole rings is 1. The number of carbonyl (C=O) groups is 2. The average molecular weight is 419 g/mol. The Bertz CT molecular complexity index is 1210. The van der Waals surface area contributed by atoms with Crippen molar-refractivity contribution in [2.24, 2.45) is 0 Å². The molecule has 5 nitrogen and oxygen atoms in total. The molecule has 6 heteroatoms. The topological polar surface area (TPSA) is 70.5 Å². The Balaban J connectivity index is 1.93. The molecule has 3 aromatic rings. The van der Waals surface area contributed by atoms with Gasteiger partial charge in [-0.2, -0.15) is 0 Å². The first-order valence-electron chi connectivity index (χ1n) is 9.67. The molecule has 0 bridgehead atoms. The quantitative estimate of drug-likeness (QED) is 0.594. The second-order valence-corrected chi connectivity index (χ2v) is 8.72. The number of benzene rings is 2.